The molecule has 4 nitrogen and oxygen atoms in total. The molecule has 2 N–H and O–H groups in total. The molecule has 1 saturated heterocycles. The second-order valence-corrected chi connectivity index (χ2v) is 8.49. The highest BCUT2D eigenvalue weighted by molar-refractivity contribution is 7.09. The normalized spacial score (nSPS) is 20.5. The Bertz CT molecular complexity index is 954. The van der Waals surface area contributed by atoms with E-state index < -0.39 is 0 Å². The highest BCUT2D eigenvalue weighted by Gasteiger charge is 2.24. The van der Waals surface area contributed by atoms with Crippen molar-refractivity contribution in [1.82, 2.24) is 0 Å². The summed E-state index contributed by atoms with van der Waals surface area (Å²) in [5, 5.41) is 3.25. The maximum atomic E-state index is 12.0. The fourth-order valence-electron chi connectivity index (χ4n) is 3.87. The molecule has 0 saturated carbocycles. The quantitative estimate of drug-likeness (QED) is 0.672. The van der Waals surface area contributed by atoms with Crippen LogP contribution in [0.1, 0.15) is 21.6 Å². The Morgan fingerprint density at radius 1 is 1.00 bits per heavy atom. The van der Waals surface area contributed by atoms with E-state index in [9.17, 15) is 4.79 Å². The standard InChI is InChI=1S/C21H24N2O2S/c1-15-10-19-17(12-21(24)25-20(19)11-16(15)2)13-22-5-7-23(8-6-22)14-18-4-3-9-26-18/h3-4,9-12H,5-8,13-14H2,1-2H3/p+2. The minimum atomic E-state index is -0.239. The van der Waals surface area contributed by atoms with Crippen LogP contribution in [-0.2, 0) is 13.1 Å². The maximum Gasteiger partial charge on any atom is 0.336 e. The third kappa shape index (κ3) is 3.75. The first-order valence-electron chi connectivity index (χ1n) is 9.32. The Morgan fingerprint density at radius 2 is 1.69 bits per heavy atom. The maximum absolute atomic E-state index is 12.0. The van der Waals surface area contributed by atoms with E-state index in [0.29, 0.717) is 0 Å². The van der Waals surface area contributed by atoms with E-state index in [1.54, 1.807) is 15.9 Å². The van der Waals surface area contributed by atoms with Crippen LogP contribution in [-0.4, -0.2) is 26.2 Å². The molecule has 0 amide bonds. The van der Waals surface area contributed by atoms with Gasteiger partial charge in [0.15, 0.2) is 0 Å². The van der Waals surface area contributed by atoms with Crippen molar-refractivity contribution in [2.24, 2.45) is 0 Å². The molecule has 3 aromatic rings. The summed E-state index contributed by atoms with van der Waals surface area (Å²) in [6, 6.07) is 10.2. The number of aryl methyl sites for hydroxylation is 2. The van der Waals surface area contributed by atoms with E-state index >= 15 is 0 Å². The van der Waals surface area contributed by atoms with Gasteiger partial charge in [-0.1, -0.05) is 6.07 Å². The predicted octanol–water partition coefficient (Wildman–Crippen LogP) is 0.955. The van der Waals surface area contributed by atoms with E-state index in [4.69, 9.17) is 4.42 Å². The molecule has 26 heavy (non-hydrogen) atoms. The third-order valence-corrected chi connectivity index (χ3v) is 6.43. The average molecular weight is 371 g/mol. The van der Waals surface area contributed by atoms with Gasteiger partial charge in [0.2, 0.25) is 0 Å². The monoisotopic (exact) mass is 370 g/mol. The summed E-state index contributed by atoms with van der Waals surface area (Å²) in [6.07, 6.45) is 0. The van der Waals surface area contributed by atoms with E-state index in [0.717, 1.165) is 48.3 Å². The molecule has 0 aliphatic carbocycles. The molecule has 0 bridgehead atoms. The number of rotatable bonds is 4. The van der Waals surface area contributed by atoms with Gasteiger partial charge in [0.1, 0.15) is 44.9 Å². The molecular weight excluding hydrogens is 344 g/mol. The van der Waals surface area contributed by atoms with Gasteiger partial charge < -0.3 is 14.2 Å². The van der Waals surface area contributed by atoms with Gasteiger partial charge in [-0.25, -0.2) is 4.79 Å². The highest BCUT2D eigenvalue weighted by Crippen LogP contribution is 2.21. The molecule has 0 atom stereocenters. The first-order chi connectivity index (χ1) is 12.6. The first kappa shape index (κ1) is 17.5. The molecule has 2 aromatic heterocycles. The average Bonchev–Trinajstić information content (AvgIpc) is 3.11. The minimum Gasteiger partial charge on any atom is -0.423 e. The number of piperazine rings is 1. The lowest BCUT2D eigenvalue weighted by Gasteiger charge is -2.29. The van der Waals surface area contributed by atoms with Crippen molar-refractivity contribution in [2.75, 3.05) is 26.2 Å². The summed E-state index contributed by atoms with van der Waals surface area (Å²) in [5.41, 5.74) is 4.01. The van der Waals surface area contributed by atoms with Crippen molar-refractivity contribution in [3.63, 3.8) is 0 Å². The van der Waals surface area contributed by atoms with Gasteiger partial charge >= 0.3 is 5.63 Å². The summed E-state index contributed by atoms with van der Waals surface area (Å²) < 4.78 is 5.44. The molecule has 1 fully saturated rings. The largest absolute Gasteiger partial charge is 0.423 e. The van der Waals surface area contributed by atoms with Gasteiger partial charge in [-0.05, 0) is 48.6 Å². The van der Waals surface area contributed by atoms with Gasteiger partial charge in [0.05, 0.1) is 4.88 Å². The second-order valence-electron chi connectivity index (χ2n) is 7.46. The molecule has 136 valence electrons. The Hall–Kier alpha value is -1.95. The van der Waals surface area contributed by atoms with Crippen LogP contribution in [0.15, 0.2) is 44.9 Å². The van der Waals surface area contributed by atoms with Gasteiger partial charge in [-0.15, -0.1) is 11.3 Å². The summed E-state index contributed by atoms with van der Waals surface area (Å²) in [7, 11) is 0. The molecule has 4 rings (SSSR count). The van der Waals surface area contributed by atoms with Gasteiger partial charge in [0.25, 0.3) is 0 Å². The van der Waals surface area contributed by atoms with Crippen LogP contribution in [0.5, 0.6) is 0 Å². The summed E-state index contributed by atoms with van der Waals surface area (Å²) in [4.78, 5) is 16.7. The molecule has 3 heterocycles. The van der Waals surface area contributed by atoms with Crippen LogP contribution < -0.4 is 15.4 Å². The Kier molecular flexibility index (Phi) is 4.94. The molecule has 1 aliphatic rings. The van der Waals surface area contributed by atoms with Crippen molar-refractivity contribution in [2.45, 2.75) is 26.9 Å². The van der Waals surface area contributed by atoms with Crippen LogP contribution in [0.3, 0.4) is 0 Å². The number of quaternary nitrogens is 2. The van der Waals surface area contributed by atoms with Gasteiger partial charge in [-0.3, -0.25) is 0 Å². The fraction of sp³-hybridized carbons (Fsp3) is 0.381. The highest BCUT2D eigenvalue weighted by atomic mass is 32.1. The number of thiophene rings is 1. The van der Waals surface area contributed by atoms with E-state index in [1.807, 2.05) is 17.4 Å². The Labute approximate surface area is 157 Å². The zero-order valence-corrected chi connectivity index (χ0v) is 16.2. The predicted molar refractivity (Wildman–Crippen MR) is 105 cm³/mol. The summed E-state index contributed by atoms with van der Waals surface area (Å²) >= 11 is 1.85. The second kappa shape index (κ2) is 7.35. The van der Waals surface area contributed by atoms with Crippen molar-refractivity contribution in [3.8, 4) is 0 Å². The smallest absolute Gasteiger partial charge is 0.336 e. The van der Waals surface area contributed by atoms with E-state index in [2.05, 4.69) is 37.4 Å². The van der Waals surface area contributed by atoms with Crippen LogP contribution in [0.25, 0.3) is 11.0 Å². The Morgan fingerprint density at radius 3 is 2.38 bits per heavy atom. The first-order valence-corrected chi connectivity index (χ1v) is 10.2. The summed E-state index contributed by atoms with van der Waals surface area (Å²) in [6.45, 7) is 10.9. The van der Waals surface area contributed by atoms with Gasteiger partial charge in [-0.2, -0.15) is 0 Å². The number of hydrogen-bond donors (Lipinski definition) is 2. The van der Waals surface area contributed by atoms with Crippen LogP contribution >= 0.6 is 11.3 Å². The van der Waals surface area contributed by atoms with Crippen molar-refractivity contribution in [3.05, 3.63) is 67.7 Å². The lowest BCUT2D eigenvalue weighted by atomic mass is 10.0. The zero-order chi connectivity index (χ0) is 18.1. The van der Waals surface area contributed by atoms with E-state index in [1.165, 1.54) is 23.5 Å². The minimum absolute atomic E-state index is 0.239. The van der Waals surface area contributed by atoms with Crippen molar-refractivity contribution in [1.29, 1.82) is 0 Å². The molecular formula is C21H26N2O2S+2. The third-order valence-electron chi connectivity index (χ3n) is 5.55. The number of hydrogen-bond acceptors (Lipinski definition) is 3. The number of fused-ring (bicyclic) bond motifs is 1. The van der Waals surface area contributed by atoms with Crippen molar-refractivity contribution >= 4 is 22.3 Å². The lowest BCUT2D eigenvalue weighted by molar-refractivity contribution is -1.02. The van der Waals surface area contributed by atoms with Crippen LogP contribution in [0.4, 0.5) is 0 Å². The summed E-state index contributed by atoms with van der Waals surface area (Å²) in [5.74, 6) is 0. The topological polar surface area (TPSA) is 39.1 Å². The SMILES string of the molecule is Cc1cc2oc(=O)cc(C[NH+]3CC[NH+](Cc4cccs4)CC3)c2cc1C. The van der Waals surface area contributed by atoms with E-state index in [-0.39, 0.29) is 5.63 Å². The molecule has 0 unspecified atom stereocenters. The van der Waals surface area contributed by atoms with Gasteiger partial charge in [0, 0.05) is 17.0 Å². The molecule has 1 aliphatic heterocycles. The number of benzene rings is 1. The van der Waals surface area contributed by atoms with Crippen LogP contribution in [0.2, 0.25) is 0 Å². The molecule has 0 radical (unpaired) electrons. The molecule has 0 spiro atoms. The molecule has 1 aromatic carbocycles. The molecule has 5 heteroatoms. The Balaban J connectivity index is 1.48. The van der Waals surface area contributed by atoms with Crippen LogP contribution in [0, 0.1) is 13.8 Å². The van der Waals surface area contributed by atoms with Crippen molar-refractivity contribution < 1.29 is 14.2 Å². The zero-order valence-electron chi connectivity index (χ0n) is 15.4. The fourth-order valence-corrected chi connectivity index (χ4v) is 4.65. The number of nitrogens with one attached hydrogen (secondary N) is 2. The lowest BCUT2D eigenvalue weighted by Crippen LogP contribution is -3.27.